The van der Waals surface area contributed by atoms with E-state index in [1.165, 1.54) is 24.1 Å². The first-order valence-electron chi connectivity index (χ1n) is 9.80. The molecule has 1 aliphatic carbocycles. The number of hydrogen-bond donors (Lipinski definition) is 1. The van der Waals surface area contributed by atoms with Crippen LogP contribution in [0.25, 0.3) is 5.65 Å². The summed E-state index contributed by atoms with van der Waals surface area (Å²) in [5.41, 5.74) is 3.42. The number of anilines is 1. The predicted octanol–water partition coefficient (Wildman–Crippen LogP) is 2.02. The monoisotopic (exact) mass is 364 g/mol. The third kappa shape index (κ3) is 3.46. The van der Waals surface area contributed by atoms with Gasteiger partial charge in [-0.05, 0) is 31.6 Å². The number of aryl methyl sites for hydroxylation is 1. The Morgan fingerprint density at radius 3 is 2.96 bits per heavy atom. The van der Waals surface area contributed by atoms with Gasteiger partial charge in [0.15, 0.2) is 5.65 Å². The van der Waals surface area contributed by atoms with Crippen LogP contribution in [0.4, 0.5) is 5.82 Å². The van der Waals surface area contributed by atoms with Gasteiger partial charge in [0.1, 0.15) is 12.2 Å². The minimum Gasteiger partial charge on any atom is -0.354 e. The summed E-state index contributed by atoms with van der Waals surface area (Å²) in [6.07, 6.45) is 6.79. The van der Waals surface area contributed by atoms with Crippen molar-refractivity contribution in [3.05, 3.63) is 30.4 Å². The number of aromatic nitrogens is 3. The Balaban J connectivity index is 1.53. The van der Waals surface area contributed by atoms with E-state index in [1.54, 1.807) is 6.20 Å². The van der Waals surface area contributed by atoms with Gasteiger partial charge in [-0.15, -0.1) is 0 Å². The highest BCUT2D eigenvalue weighted by molar-refractivity contribution is 5.82. The van der Waals surface area contributed by atoms with Gasteiger partial charge in [-0.25, -0.2) is 4.98 Å². The first-order chi connectivity index (χ1) is 13.2. The van der Waals surface area contributed by atoms with Gasteiger partial charge in [-0.3, -0.25) is 4.79 Å². The summed E-state index contributed by atoms with van der Waals surface area (Å²) < 4.78 is 1.95. The molecule has 2 aromatic rings. The van der Waals surface area contributed by atoms with Crippen LogP contribution in [-0.2, 0) is 17.6 Å². The number of carbonyl (C=O) groups excluding carboxylic acids is 1. The molecule has 1 fully saturated rings. The number of fused-ring (bicyclic) bond motifs is 2. The van der Waals surface area contributed by atoms with Crippen LogP contribution in [-0.4, -0.2) is 40.1 Å². The quantitative estimate of drug-likeness (QED) is 0.514. The standard InChI is InChI=1S/C21H25N5O/c1-3-4-5-11-22-20(27)16-13-25(14-16)21-17-8-6-15(2)7-9-18(17)24-19-10-12-23-26(19)21/h10,12,15-16H,1,3,6-9,11,13-14H2,2H3/p+1. The molecular formula is C21H26N5O+. The lowest BCUT2D eigenvalue weighted by molar-refractivity contribution is -0.125. The van der Waals surface area contributed by atoms with Crippen molar-refractivity contribution >= 4 is 17.4 Å². The van der Waals surface area contributed by atoms with E-state index in [4.69, 9.17) is 4.98 Å². The fraction of sp³-hybridized carbons (Fsp3) is 0.524. The summed E-state index contributed by atoms with van der Waals surface area (Å²) in [6, 6.07) is 1.96. The second-order valence-corrected chi connectivity index (χ2v) is 7.57. The minimum atomic E-state index is 0.00526. The van der Waals surface area contributed by atoms with Crippen LogP contribution in [0.2, 0.25) is 0 Å². The van der Waals surface area contributed by atoms with Gasteiger partial charge < -0.3 is 10.2 Å². The highest BCUT2D eigenvalue weighted by atomic mass is 16.2. The van der Waals surface area contributed by atoms with Gasteiger partial charge in [0.25, 0.3) is 0 Å². The van der Waals surface area contributed by atoms with Crippen molar-refractivity contribution < 1.29 is 4.79 Å². The van der Waals surface area contributed by atoms with Crippen molar-refractivity contribution in [2.75, 3.05) is 24.5 Å². The maximum absolute atomic E-state index is 12.3. The van der Waals surface area contributed by atoms with Crippen LogP contribution in [0.1, 0.15) is 37.4 Å². The molecule has 1 N–H and O–H groups in total. The fourth-order valence-corrected chi connectivity index (χ4v) is 3.96. The number of hydrogen-bond acceptors (Lipinski definition) is 4. The van der Waals surface area contributed by atoms with E-state index in [0.29, 0.717) is 18.9 Å². The number of nitrogens with zero attached hydrogens (tertiary/aromatic N) is 4. The van der Waals surface area contributed by atoms with E-state index in [1.807, 2.05) is 10.6 Å². The van der Waals surface area contributed by atoms with Crippen molar-refractivity contribution in [3.8, 4) is 11.8 Å². The molecule has 0 bridgehead atoms. The number of rotatable bonds is 3. The molecule has 0 aromatic carbocycles. The lowest BCUT2D eigenvalue weighted by Crippen LogP contribution is -2.54. The molecule has 4 rings (SSSR count). The third-order valence-corrected chi connectivity index (χ3v) is 5.61. The fourth-order valence-electron chi connectivity index (χ4n) is 3.96. The van der Waals surface area contributed by atoms with Crippen molar-refractivity contribution in [2.24, 2.45) is 11.8 Å². The summed E-state index contributed by atoms with van der Waals surface area (Å²) in [7, 11) is 0. The molecule has 0 radical (unpaired) electrons. The van der Waals surface area contributed by atoms with Gasteiger partial charge in [0.05, 0.1) is 25.6 Å². The number of carbonyl (C=O) groups is 1. The highest BCUT2D eigenvalue weighted by Gasteiger charge is 2.36. The molecular weight excluding hydrogens is 338 g/mol. The normalized spacial score (nSPS) is 19.6. The Morgan fingerprint density at radius 1 is 1.33 bits per heavy atom. The molecule has 6 heteroatoms. The number of nitrogens with one attached hydrogen (secondary N) is 1. The molecule has 2 aromatic heterocycles. The molecule has 0 saturated carbocycles. The van der Waals surface area contributed by atoms with E-state index in [2.05, 4.69) is 41.0 Å². The Morgan fingerprint density at radius 2 is 2.15 bits per heavy atom. The van der Waals surface area contributed by atoms with Gasteiger partial charge in [-0.2, -0.15) is 9.61 Å². The second kappa shape index (κ2) is 7.51. The molecule has 0 spiro atoms. The largest absolute Gasteiger partial charge is 0.354 e. The lowest BCUT2D eigenvalue weighted by Gasteiger charge is -2.40. The van der Waals surface area contributed by atoms with Crippen molar-refractivity contribution in [2.45, 2.75) is 39.0 Å². The molecule has 1 amide bonds. The van der Waals surface area contributed by atoms with Gasteiger partial charge in [0, 0.05) is 30.4 Å². The number of amides is 1. The summed E-state index contributed by atoms with van der Waals surface area (Å²) in [5.74, 6) is 7.71. The lowest BCUT2D eigenvalue weighted by atomic mass is 9.97. The van der Waals surface area contributed by atoms with Crippen LogP contribution in [0, 0.1) is 30.6 Å². The molecule has 1 atom stereocenters. The Bertz CT molecular complexity index is 900. The van der Waals surface area contributed by atoms with E-state index < -0.39 is 0 Å². The molecule has 1 saturated heterocycles. The van der Waals surface area contributed by atoms with Crippen LogP contribution in [0.5, 0.6) is 0 Å². The van der Waals surface area contributed by atoms with Crippen LogP contribution in [0.15, 0.2) is 12.3 Å². The average molecular weight is 364 g/mol. The Hall–Kier alpha value is -2.68. The third-order valence-electron chi connectivity index (χ3n) is 5.61. The van der Waals surface area contributed by atoms with E-state index >= 15 is 0 Å². The van der Waals surface area contributed by atoms with Crippen molar-refractivity contribution in [1.82, 2.24) is 19.9 Å². The molecule has 1 aliphatic heterocycles. The smallest absolute Gasteiger partial charge is 0.227 e. The molecule has 3 heterocycles. The maximum atomic E-state index is 12.3. The van der Waals surface area contributed by atoms with Crippen LogP contribution < -0.4 is 10.2 Å². The van der Waals surface area contributed by atoms with Crippen LogP contribution in [0.3, 0.4) is 0 Å². The van der Waals surface area contributed by atoms with Crippen molar-refractivity contribution in [3.63, 3.8) is 0 Å². The molecule has 27 heavy (non-hydrogen) atoms. The topological polar surface area (TPSA) is 62.5 Å². The molecule has 1 unspecified atom stereocenters. The molecule has 6 nitrogen and oxygen atoms in total. The van der Waals surface area contributed by atoms with Gasteiger partial charge >= 0.3 is 0 Å². The predicted molar refractivity (Wildman–Crippen MR) is 105 cm³/mol. The van der Waals surface area contributed by atoms with Gasteiger partial charge in [0.2, 0.25) is 5.91 Å². The van der Waals surface area contributed by atoms with Crippen molar-refractivity contribution in [1.29, 1.82) is 0 Å². The first-order valence-corrected chi connectivity index (χ1v) is 9.80. The average Bonchev–Trinajstić information content (AvgIpc) is 3.01. The summed E-state index contributed by atoms with van der Waals surface area (Å²) in [5, 5.41) is 7.41. The Labute approximate surface area is 160 Å². The summed E-state index contributed by atoms with van der Waals surface area (Å²) in [6.45, 7) is 7.82. The van der Waals surface area contributed by atoms with Crippen LogP contribution >= 0.6 is 0 Å². The minimum absolute atomic E-state index is 0.00526. The first kappa shape index (κ1) is 17.7. The highest BCUT2D eigenvalue weighted by Crippen LogP contribution is 2.34. The molecule has 2 aliphatic rings. The second-order valence-electron chi connectivity index (χ2n) is 7.57. The summed E-state index contributed by atoms with van der Waals surface area (Å²) in [4.78, 5) is 19.4. The zero-order valence-corrected chi connectivity index (χ0v) is 15.9. The molecule has 140 valence electrons. The maximum Gasteiger partial charge on any atom is 0.227 e. The zero-order valence-electron chi connectivity index (χ0n) is 15.9. The van der Waals surface area contributed by atoms with Gasteiger partial charge in [-0.1, -0.05) is 18.8 Å². The van der Waals surface area contributed by atoms with E-state index in [0.717, 1.165) is 37.4 Å². The summed E-state index contributed by atoms with van der Waals surface area (Å²) >= 11 is 0. The zero-order chi connectivity index (χ0) is 18.8. The van der Waals surface area contributed by atoms with E-state index in [-0.39, 0.29) is 11.8 Å². The Kier molecular flexibility index (Phi) is 4.93. The van der Waals surface area contributed by atoms with E-state index in [9.17, 15) is 4.79 Å². The SMILES string of the molecule is [CH2+]CC#CCNC(=O)C1CN(c2c3c(nc4ccnn24)CCC(C)CC3)C1.